The predicted molar refractivity (Wildman–Crippen MR) is 86.8 cm³/mol. The summed E-state index contributed by atoms with van der Waals surface area (Å²) in [6, 6.07) is 4.89. The van der Waals surface area contributed by atoms with Gasteiger partial charge < -0.3 is 5.32 Å². The van der Waals surface area contributed by atoms with Crippen LogP contribution in [0.1, 0.15) is 43.9 Å². The number of hydrogen-bond donors (Lipinski definition) is 1. The highest BCUT2D eigenvalue weighted by Gasteiger charge is 2.21. The zero-order valence-electron chi connectivity index (χ0n) is 12.4. The Bertz CT molecular complexity index is 562. The van der Waals surface area contributed by atoms with Crippen LogP contribution in [0.3, 0.4) is 0 Å². The van der Waals surface area contributed by atoms with Gasteiger partial charge in [0, 0.05) is 28.3 Å². The molecule has 21 heavy (non-hydrogen) atoms. The molecule has 5 heteroatoms. The average Bonchev–Trinajstić information content (AvgIpc) is 2.91. The second-order valence-corrected chi connectivity index (χ2v) is 5.91. The van der Waals surface area contributed by atoms with Crippen LogP contribution in [0.15, 0.2) is 35.1 Å². The lowest BCUT2D eigenvalue weighted by molar-refractivity contribution is 0.543. The number of hydrogen-bond acceptors (Lipinski definition) is 2. The number of nitrogens with zero attached hydrogens (tertiary/aromatic N) is 2. The van der Waals surface area contributed by atoms with Gasteiger partial charge in [0.1, 0.15) is 5.82 Å². The van der Waals surface area contributed by atoms with Crippen LogP contribution < -0.4 is 5.32 Å². The van der Waals surface area contributed by atoms with E-state index in [9.17, 15) is 4.39 Å². The third kappa shape index (κ3) is 3.92. The van der Waals surface area contributed by atoms with Gasteiger partial charge in [0.2, 0.25) is 0 Å². The number of nitrogens with one attached hydrogen (secondary N) is 1. The molecule has 0 fully saturated rings. The van der Waals surface area contributed by atoms with Crippen molar-refractivity contribution in [3.05, 3.63) is 52.0 Å². The molecule has 1 aromatic heterocycles. The van der Waals surface area contributed by atoms with Crippen molar-refractivity contribution in [2.24, 2.45) is 0 Å². The second-order valence-electron chi connectivity index (χ2n) is 5.06. The maximum Gasteiger partial charge on any atom is 0.129 e. The zero-order valence-corrected chi connectivity index (χ0v) is 14.0. The molecule has 2 aromatic rings. The Morgan fingerprint density at radius 3 is 2.81 bits per heavy atom. The second kappa shape index (κ2) is 7.71. The van der Waals surface area contributed by atoms with E-state index < -0.39 is 0 Å². The smallest absolute Gasteiger partial charge is 0.129 e. The Labute approximate surface area is 133 Å². The summed E-state index contributed by atoms with van der Waals surface area (Å²) in [6.45, 7) is 5.91. The highest BCUT2D eigenvalue weighted by Crippen LogP contribution is 2.30. The van der Waals surface area contributed by atoms with Crippen LogP contribution in [-0.2, 0) is 6.54 Å². The van der Waals surface area contributed by atoms with Crippen molar-refractivity contribution in [2.75, 3.05) is 6.54 Å². The number of aryl methyl sites for hydroxylation is 1. The monoisotopic (exact) mass is 353 g/mol. The van der Waals surface area contributed by atoms with Crippen LogP contribution in [0.25, 0.3) is 0 Å². The summed E-state index contributed by atoms with van der Waals surface area (Å²) in [4.78, 5) is 0. The van der Waals surface area contributed by atoms with Gasteiger partial charge in [-0.05, 0) is 31.5 Å². The van der Waals surface area contributed by atoms with Crippen molar-refractivity contribution in [3.8, 4) is 0 Å². The lowest BCUT2D eigenvalue weighted by Crippen LogP contribution is -2.24. The molecule has 1 aromatic carbocycles. The zero-order chi connectivity index (χ0) is 15.2. The molecule has 3 nitrogen and oxygen atoms in total. The first kappa shape index (κ1) is 16.2. The van der Waals surface area contributed by atoms with Gasteiger partial charge in [-0.15, -0.1) is 0 Å². The maximum atomic E-state index is 14.3. The van der Waals surface area contributed by atoms with E-state index in [-0.39, 0.29) is 11.9 Å². The number of halogens is 2. The van der Waals surface area contributed by atoms with Crippen molar-refractivity contribution in [1.82, 2.24) is 15.1 Å². The summed E-state index contributed by atoms with van der Waals surface area (Å²) in [5.74, 6) is -0.207. The fourth-order valence-electron chi connectivity index (χ4n) is 2.34. The molecule has 1 unspecified atom stereocenters. The molecule has 0 aliphatic rings. The lowest BCUT2D eigenvalue weighted by atomic mass is 10.0. The van der Waals surface area contributed by atoms with E-state index in [0.717, 1.165) is 36.0 Å². The maximum absolute atomic E-state index is 14.3. The van der Waals surface area contributed by atoms with Crippen LogP contribution in [-0.4, -0.2) is 16.3 Å². The molecule has 0 amide bonds. The minimum atomic E-state index is -0.207. The van der Waals surface area contributed by atoms with E-state index in [1.165, 1.54) is 6.07 Å². The van der Waals surface area contributed by atoms with E-state index in [1.54, 1.807) is 6.07 Å². The summed E-state index contributed by atoms with van der Waals surface area (Å²) in [7, 11) is 0. The molecule has 0 spiro atoms. The Morgan fingerprint density at radius 2 is 2.14 bits per heavy atom. The molecule has 0 radical (unpaired) electrons. The van der Waals surface area contributed by atoms with E-state index in [1.807, 2.05) is 23.1 Å². The highest BCUT2D eigenvalue weighted by atomic mass is 79.9. The van der Waals surface area contributed by atoms with Crippen molar-refractivity contribution < 1.29 is 4.39 Å². The highest BCUT2D eigenvalue weighted by molar-refractivity contribution is 9.10. The Kier molecular flexibility index (Phi) is 5.94. The first-order chi connectivity index (χ1) is 10.2. The van der Waals surface area contributed by atoms with Crippen LogP contribution in [0.2, 0.25) is 0 Å². The number of rotatable bonds is 7. The first-order valence-electron chi connectivity index (χ1n) is 7.37. The molecule has 0 bridgehead atoms. The van der Waals surface area contributed by atoms with Gasteiger partial charge in [-0.2, -0.15) is 5.10 Å². The third-order valence-electron chi connectivity index (χ3n) is 3.33. The van der Waals surface area contributed by atoms with E-state index in [2.05, 4.69) is 40.2 Å². The summed E-state index contributed by atoms with van der Waals surface area (Å²) >= 11 is 3.47. The number of aromatic nitrogens is 2. The topological polar surface area (TPSA) is 29.9 Å². The molecule has 1 N–H and O–H groups in total. The minimum absolute atomic E-state index is 0.189. The van der Waals surface area contributed by atoms with Crippen molar-refractivity contribution >= 4 is 15.9 Å². The van der Waals surface area contributed by atoms with Gasteiger partial charge in [-0.3, -0.25) is 4.68 Å². The van der Waals surface area contributed by atoms with Crippen molar-refractivity contribution in [1.29, 1.82) is 0 Å². The van der Waals surface area contributed by atoms with Crippen LogP contribution in [0.4, 0.5) is 4.39 Å². The molecule has 1 heterocycles. The van der Waals surface area contributed by atoms with Gasteiger partial charge >= 0.3 is 0 Å². The Morgan fingerprint density at radius 1 is 1.33 bits per heavy atom. The molecular formula is C16H21BrFN3. The summed E-state index contributed by atoms with van der Waals surface area (Å²) in [6.07, 6.45) is 5.83. The normalized spacial score (nSPS) is 12.6. The summed E-state index contributed by atoms with van der Waals surface area (Å²) in [5, 5.41) is 7.77. The third-order valence-corrected chi connectivity index (χ3v) is 4.02. The fraction of sp³-hybridized carbons (Fsp3) is 0.438. The molecule has 0 aliphatic carbocycles. The van der Waals surface area contributed by atoms with Gasteiger partial charge in [0.05, 0.1) is 12.2 Å². The predicted octanol–water partition coefficient (Wildman–Crippen LogP) is 4.28. The fourth-order valence-corrected chi connectivity index (χ4v) is 2.91. The SMILES string of the molecule is CCCNC(c1cnn(CCC)c1)c1c(F)cccc1Br. The molecule has 0 aliphatic heterocycles. The van der Waals surface area contributed by atoms with E-state index in [0.29, 0.717) is 5.56 Å². The summed E-state index contributed by atoms with van der Waals surface area (Å²) in [5.41, 5.74) is 1.63. The molecule has 2 rings (SSSR count). The van der Waals surface area contributed by atoms with Gasteiger partial charge in [-0.1, -0.05) is 35.8 Å². The van der Waals surface area contributed by atoms with Crippen LogP contribution in [0.5, 0.6) is 0 Å². The minimum Gasteiger partial charge on any atom is -0.306 e. The van der Waals surface area contributed by atoms with Crippen LogP contribution >= 0.6 is 15.9 Å². The van der Waals surface area contributed by atoms with Crippen molar-refractivity contribution in [2.45, 2.75) is 39.3 Å². The van der Waals surface area contributed by atoms with E-state index >= 15 is 0 Å². The average molecular weight is 354 g/mol. The standard InChI is InChI=1S/C16H21BrFN3/c1-3-8-19-16(12-10-20-21(11-12)9-4-2)15-13(17)6-5-7-14(15)18/h5-7,10-11,16,19H,3-4,8-9H2,1-2H3. The van der Waals surface area contributed by atoms with E-state index in [4.69, 9.17) is 0 Å². The molecule has 0 saturated carbocycles. The number of benzene rings is 1. The largest absolute Gasteiger partial charge is 0.306 e. The first-order valence-corrected chi connectivity index (χ1v) is 8.16. The van der Waals surface area contributed by atoms with Gasteiger partial charge in [0.25, 0.3) is 0 Å². The molecule has 114 valence electrons. The Hall–Kier alpha value is -1.20. The lowest BCUT2D eigenvalue weighted by Gasteiger charge is -2.19. The van der Waals surface area contributed by atoms with Crippen molar-refractivity contribution in [3.63, 3.8) is 0 Å². The molecular weight excluding hydrogens is 333 g/mol. The molecule has 1 atom stereocenters. The molecule has 0 saturated heterocycles. The van der Waals surface area contributed by atoms with Crippen LogP contribution in [0, 0.1) is 5.82 Å². The van der Waals surface area contributed by atoms with Gasteiger partial charge in [0.15, 0.2) is 0 Å². The summed E-state index contributed by atoms with van der Waals surface area (Å²) < 4.78 is 17.0. The quantitative estimate of drug-likeness (QED) is 0.804. The Balaban J connectivity index is 2.37. The van der Waals surface area contributed by atoms with Gasteiger partial charge in [-0.25, -0.2) is 4.39 Å².